The van der Waals surface area contributed by atoms with E-state index in [1.807, 2.05) is 10.6 Å². The first kappa shape index (κ1) is 24.8. The molecule has 2 aliphatic rings. The highest BCUT2D eigenvalue weighted by atomic mass is 19.1. The van der Waals surface area contributed by atoms with Crippen molar-refractivity contribution < 1.29 is 32.9 Å². The molecule has 10 heteroatoms. The van der Waals surface area contributed by atoms with Crippen LogP contribution >= 0.6 is 0 Å². The number of halogens is 2. The van der Waals surface area contributed by atoms with Crippen molar-refractivity contribution in [2.75, 3.05) is 26.9 Å². The number of benzene rings is 2. The second-order valence-electron chi connectivity index (χ2n) is 10.3. The molecular formula is C28H29F2N3O5. The maximum Gasteiger partial charge on any atom is 0.335 e. The maximum absolute atomic E-state index is 16.4. The van der Waals surface area contributed by atoms with Gasteiger partial charge in [-0.05, 0) is 56.4 Å². The number of ether oxygens (including phenoxy) is 3. The van der Waals surface area contributed by atoms with E-state index in [0.29, 0.717) is 53.5 Å². The number of H-pyrrole nitrogens is 1. The number of aliphatic carboxylic acids is 1. The zero-order valence-corrected chi connectivity index (χ0v) is 21.2. The Balaban J connectivity index is 1.65. The summed E-state index contributed by atoms with van der Waals surface area (Å²) in [6.45, 7) is 2.87. The molecule has 4 heterocycles. The van der Waals surface area contributed by atoms with Crippen LogP contribution in [0.25, 0.3) is 27.5 Å². The molecule has 38 heavy (non-hydrogen) atoms. The van der Waals surface area contributed by atoms with Gasteiger partial charge in [0, 0.05) is 53.3 Å². The number of rotatable bonds is 5. The quantitative estimate of drug-likeness (QED) is 0.361. The summed E-state index contributed by atoms with van der Waals surface area (Å²) in [6.07, 6.45) is 3.87. The summed E-state index contributed by atoms with van der Waals surface area (Å²) < 4.78 is 49.6. The molecular weight excluding hydrogens is 496 g/mol. The van der Waals surface area contributed by atoms with Crippen molar-refractivity contribution in [3.63, 3.8) is 0 Å². The normalized spacial score (nSPS) is 22.8. The van der Waals surface area contributed by atoms with Gasteiger partial charge in [-0.1, -0.05) is 0 Å². The van der Waals surface area contributed by atoms with Crippen molar-refractivity contribution >= 4 is 27.8 Å². The molecule has 200 valence electrons. The molecule has 8 nitrogen and oxygen atoms in total. The summed E-state index contributed by atoms with van der Waals surface area (Å²) in [5, 5.41) is 17.6. The number of carboxylic acids is 1. The lowest BCUT2D eigenvalue weighted by molar-refractivity contribution is -0.170. The monoisotopic (exact) mass is 525 g/mol. The number of fused-ring (bicyclic) bond motifs is 2. The minimum Gasteiger partial charge on any atom is -0.494 e. The Bertz CT molecular complexity index is 1530. The standard InChI is InChI=1S/C28H29F2N3O5/c1-28(27(34)35)8-5-16(14-38-28)22-23-20(11-17-13-31-32-25(17)24(23)30)33(26(22)15-6-9-37-10-7-15)18-3-4-19(29)21(12-18)36-2/h3-4,11-13,15-16H,5-10,14H2,1-2H3,(H,31,32)(H,34,35)/t16-,28+/m1/s1. The molecule has 0 unspecified atom stereocenters. The molecule has 2 N–H and O–H groups in total. The largest absolute Gasteiger partial charge is 0.494 e. The number of hydrogen-bond acceptors (Lipinski definition) is 5. The predicted molar refractivity (Wildman–Crippen MR) is 136 cm³/mol. The summed E-state index contributed by atoms with van der Waals surface area (Å²) in [5.41, 5.74) is 2.02. The molecule has 0 aliphatic carbocycles. The van der Waals surface area contributed by atoms with Crippen LogP contribution < -0.4 is 4.74 Å². The Morgan fingerprint density at radius 1 is 1.21 bits per heavy atom. The van der Waals surface area contributed by atoms with Gasteiger partial charge in [-0.25, -0.2) is 13.6 Å². The second-order valence-corrected chi connectivity index (χ2v) is 10.3. The second kappa shape index (κ2) is 9.36. The smallest absolute Gasteiger partial charge is 0.335 e. The third-order valence-corrected chi connectivity index (χ3v) is 8.12. The number of carbonyl (C=O) groups is 1. The highest BCUT2D eigenvalue weighted by molar-refractivity contribution is 6.00. The average molecular weight is 526 g/mol. The zero-order valence-electron chi connectivity index (χ0n) is 21.2. The van der Waals surface area contributed by atoms with Crippen LogP contribution in [0.3, 0.4) is 0 Å². The lowest BCUT2D eigenvalue weighted by Crippen LogP contribution is -2.43. The van der Waals surface area contributed by atoms with E-state index in [9.17, 15) is 14.3 Å². The van der Waals surface area contributed by atoms with Gasteiger partial charge in [0.05, 0.1) is 25.4 Å². The SMILES string of the molecule is COc1cc(-n2c(C3CCOCC3)c([C@@H]3CC[C@@](C)(C(=O)O)OC3)c3c(F)c4[nH]ncc4cc32)ccc1F. The van der Waals surface area contributed by atoms with Gasteiger partial charge in [0.25, 0.3) is 0 Å². The number of aromatic amines is 1. The van der Waals surface area contributed by atoms with E-state index in [1.54, 1.807) is 25.3 Å². The Morgan fingerprint density at radius 2 is 2.00 bits per heavy atom. The molecule has 2 aliphatic heterocycles. The third-order valence-electron chi connectivity index (χ3n) is 8.12. The molecule has 4 aromatic rings. The van der Waals surface area contributed by atoms with E-state index in [0.717, 1.165) is 24.1 Å². The fourth-order valence-corrected chi connectivity index (χ4v) is 5.99. The molecule has 0 radical (unpaired) electrons. The van der Waals surface area contributed by atoms with E-state index < -0.39 is 23.2 Å². The van der Waals surface area contributed by atoms with Crippen molar-refractivity contribution in [2.24, 2.45) is 0 Å². The van der Waals surface area contributed by atoms with Crippen LogP contribution in [0.4, 0.5) is 8.78 Å². The number of hydrogen-bond donors (Lipinski definition) is 2. The van der Waals surface area contributed by atoms with E-state index in [-0.39, 0.29) is 24.2 Å². The number of methoxy groups -OCH3 is 1. The highest BCUT2D eigenvalue weighted by Gasteiger charge is 2.42. The number of nitrogens with one attached hydrogen (secondary N) is 1. The molecule has 2 fully saturated rings. The van der Waals surface area contributed by atoms with Crippen molar-refractivity contribution in [1.29, 1.82) is 0 Å². The zero-order chi connectivity index (χ0) is 26.6. The molecule has 0 bridgehead atoms. The number of carboxylic acid groups (broad SMARTS) is 1. The van der Waals surface area contributed by atoms with Gasteiger partial charge in [-0.3, -0.25) is 5.10 Å². The van der Waals surface area contributed by atoms with Gasteiger partial charge in [0.1, 0.15) is 5.52 Å². The Morgan fingerprint density at radius 3 is 2.68 bits per heavy atom. The van der Waals surface area contributed by atoms with Crippen LogP contribution in [-0.2, 0) is 14.3 Å². The van der Waals surface area contributed by atoms with E-state index in [4.69, 9.17) is 14.2 Å². The molecule has 6 rings (SSSR count). The number of aromatic nitrogens is 3. The number of nitrogens with zero attached hydrogens (tertiary/aromatic N) is 2. The summed E-state index contributed by atoms with van der Waals surface area (Å²) in [7, 11) is 1.41. The Hall–Kier alpha value is -3.50. The van der Waals surface area contributed by atoms with E-state index in [1.165, 1.54) is 13.2 Å². The van der Waals surface area contributed by atoms with Crippen molar-refractivity contribution in [3.8, 4) is 11.4 Å². The van der Waals surface area contributed by atoms with Gasteiger partial charge in [-0.15, -0.1) is 0 Å². The molecule has 0 spiro atoms. The van der Waals surface area contributed by atoms with Crippen LogP contribution in [0.15, 0.2) is 30.5 Å². The minimum absolute atomic E-state index is 0.0471. The van der Waals surface area contributed by atoms with Gasteiger partial charge >= 0.3 is 5.97 Å². The van der Waals surface area contributed by atoms with Gasteiger partial charge in [0.2, 0.25) is 0 Å². The maximum atomic E-state index is 16.4. The first-order valence-corrected chi connectivity index (χ1v) is 12.8. The van der Waals surface area contributed by atoms with Crippen molar-refractivity contribution in [2.45, 2.75) is 50.0 Å². The third kappa shape index (κ3) is 3.85. The topological polar surface area (TPSA) is 98.6 Å². The molecule has 0 amide bonds. The Labute approximate surface area is 217 Å². The fourth-order valence-electron chi connectivity index (χ4n) is 5.99. The summed E-state index contributed by atoms with van der Waals surface area (Å²) in [6, 6.07) is 6.53. The summed E-state index contributed by atoms with van der Waals surface area (Å²) in [4.78, 5) is 11.8. The molecule has 2 aromatic heterocycles. The van der Waals surface area contributed by atoms with E-state index in [2.05, 4.69) is 10.2 Å². The van der Waals surface area contributed by atoms with Crippen molar-refractivity contribution in [3.05, 3.63) is 53.4 Å². The van der Waals surface area contributed by atoms with Gasteiger partial charge in [-0.2, -0.15) is 5.10 Å². The molecule has 2 saturated heterocycles. The first-order valence-electron chi connectivity index (χ1n) is 12.8. The summed E-state index contributed by atoms with van der Waals surface area (Å²) in [5.74, 6) is -2.01. The van der Waals surface area contributed by atoms with Crippen LogP contribution in [0.2, 0.25) is 0 Å². The predicted octanol–water partition coefficient (Wildman–Crippen LogP) is 5.42. The van der Waals surface area contributed by atoms with Crippen molar-refractivity contribution in [1.82, 2.24) is 14.8 Å². The van der Waals surface area contributed by atoms with Crippen LogP contribution in [0.5, 0.6) is 5.75 Å². The fraction of sp³-hybridized carbons (Fsp3) is 0.429. The van der Waals surface area contributed by atoms with Crippen LogP contribution in [-0.4, -0.2) is 58.4 Å². The minimum atomic E-state index is -1.28. The lowest BCUT2D eigenvalue weighted by Gasteiger charge is -2.35. The summed E-state index contributed by atoms with van der Waals surface area (Å²) >= 11 is 0. The highest BCUT2D eigenvalue weighted by Crippen LogP contribution is 2.47. The first-order chi connectivity index (χ1) is 18.3. The Kier molecular flexibility index (Phi) is 6.11. The van der Waals surface area contributed by atoms with Gasteiger partial charge in [0.15, 0.2) is 23.0 Å². The molecule has 0 saturated carbocycles. The van der Waals surface area contributed by atoms with E-state index >= 15 is 4.39 Å². The van der Waals surface area contributed by atoms with Crippen LogP contribution in [0.1, 0.15) is 55.7 Å². The van der Waals surface area contributed by atoms with Gasteiger partial charge < -0.3 is 23.9 Å². The lowest BCUT2D eigenvalue weighted by atomic mass is 9.81. The average Bonchev–Trinajstić information content (AvgIpc) is 3.53. The van der Waals surface area contributed by atoms with Crippen LogP contribution in [0, 0.1) is 11.6 Å². The molecule has 2 atom stereocenters. The molecule has 2 aromatic carbocycles.